The van der Waals surface area contributed by atoms with Crippen LogP contribution < -0.4 is 9.30 Å². The minimum Gasteiger partial charge on any atom is -0.522 e. The van der Waals surface area contributed by atoms with Gasteiger partial charge in [0, 0.05) is 44.0 Å². The summed E-state index contributed by atoms with van der Waals surface area (Å²) >= 11 is 0. The summed E-state index contributed by atoms with van der Waals surface area (Å²) in [6.07, 6.45) is 3.67. The Bertz CT molecular complexity index is 2700. The Hall–Kier alpha value is -5.06. The minimum atomic E-state index is -1.59. The Kier molecular flexibility index (Phi) is 8.09. The summed E-state index contributed by atoms with van der Waals surface area (Å²) in [6.45, 7) is 9.47. The number of benzene rings is 4. The quantitative estimate of drug-likeness (QED) is 0.113. The van der Waals surface area contributed by atoms with Crippen LogP contribution in [0.25, 0.3) is 50.2 Å². The van der Waals surface area contributed by atoms with E-state index in [1.807, 2.05) is 133 Å². The van der Waals surface area contributed by atoms with E-state index in [-0.39, 0.29) is 27.0 Å². The fourth-order valence-electron chi connectivity index (χ4n) is 6.35. The van der Waals surface area contributed by atoms with Crippen LogP contribution in [-0.4, -0.2) is 19.1 Å². The van der Waals surface area contributed by atoms with Crippen LogP contribution in [0.15, 0.2) is 116 Å². The molecular weight excluding hydrogens is 810 g/mol. The number of imidazole rings is 1. The second kappa shape index (κ2) is 13.9. The molecule has 0 aliphatic carbocycles. The molecule has 6 nitrogen and oxygen atoms in total. The molecule has 0 spiro atoms. The molecule has 0 N–H and O–H groups in total. The molecule has 0 atom stereocenters. The van der Waals surface area contributed by atoms with E-state index in [1.54, 1.807) is 24.5 Å². The van der Waals surface area contributed by atoms with Gasteiger partial charge in [0.15, 0.2) is 0 Å². The second-order valence-corrected chi connectivity index (χ2v) is 13.7. The fraction of sp³-hybridized carbons (Fsp3) is 0.205. The van der Waals surface area contributed by atoms with Crippen molar-refractivity contribution in [1.82, 2.24) is 19.1 Å². The van der Waals surface area contributed by atoms with Gasteiger partial charge < -0.3 is 9.30 Å². The molecular formula is C44H39N5OPt-2. The average Bonchev–Trinajstić information content (AvgIpc) is 3.71. The Balaban J connectivity index is 0.00000465. The van der Waals surface area contributed by atoms with Crippen molar-refractivity contribution in [3.63, 3.8) is 0 Å². The van der Waals surface area contributed by atoms with Gasteiger partial charge in [-0.2, -0.15) is 18.2 Å². The Labute approximate surface area is 319 Å². The number of hydrogen-bond donors (Lipinski definition) is 0. The molecule has 0 radical (unpaired) electrons. The van der Waals surface area contributed by atoms with E-state index in [0.29, 0.717) is 34.3 Å². The van der Waals surface area contributed by atoms with Crippen molar-refractivity contribution < 1.29 is 35.9 Å². The predicted octanol–water partition coefficient (Wildman–Crippen LogP) is 9.77. The topological polar surface area (TPSA) is 48.8 Å². The number of ether oxygens (including phenoxy) is 1. The molecule has 0 bridgehead atoms. The van der Waals surface area contributed by atoms with Gasteiger partial charge in [0.2, 0.25) is 0 Å². The van der Waals surface area contributed by atoms with Crippen LogP contribution in [0.4, 0.5) is 0 Å². The Morgan fingerprint density at radius 2 is 1.55 bits per heavy atom. The zero-order valence-corrected chi connectivity index (χ0v) is 31.3. The van der Waals surface area contributed by atoms with E-state index < -0.39 is 18.2 Å². The van der Waals surface area contributed by atoms with E-state index in [0.717, 1.165) is 38.5 Å². The van der Waals surface area contributed by atoms with E-state index in [4.69, 9.17) is 15.2 Å². The SMILES string of the molecule is [2H]C([2H])(c1cccc(-[n+]2[c-]n(-c3[c-]c(Oc4[c-]c5c(cc4)c4ccccc4n5-c4cc(C([2H])([2H])C(C)(C)C)ccn4)ccn3)c3ccccc32)c1)C(C)C.[Pt]. The van der Waals surface area contributed by atoms with Gasteiger partial charge in [0.1, 0.15) is 5.82 Å². The number of rotatable bonds is 8. The smallest absolute Gasteiger partial charge is 0.269 e. The summed E-state index contributed by atoms with van der Waals surface area (Å²) in [5, 5.41) is 1.99. The van der Waals surface area contributed by atoms with Crippen molar-refractivity contribution in [2.75, 3.05) is 0 Å². The predicted molar refractivity (Wildman–Crippen MR) is 199 cm³/mol. The molecule has 0 saturated carbocycles. The van der Waals surface area contributed by atoms with E-state index in [9.17, 15) is 0 Å². The normalized spacial score (nSPS) is 13.5. The standard InChI is InChI=1S/C44H39N5O.Pt/c1-30(2)23-31-11-10-12-33(24-31)47-29-48(40-16-9-8-15-39(40)47)42-27-35(20-22-45-42)50-34-17-18-37-36-13-6-7-14-38(36)49(41(37)26-34)43-25-32(19-21-46-43)28-44(3,4)5;/h6-22,24-25,30H,23,28H2,1-5H3;/q-2;/i23D2,28D2;. The van der Waals surface area contributed by atoms with Crippen LogP contribution in [-0.2, 0) is 33.8 Å². The van der Waals surface area contributed by atoms with Crippen molar-refractivity contribution >= 4 is 32.8 Å². The van der Waals surface area contributed by atoms with Gasteiger partial charge in [0.05, 0.1) is 22.5 Å². The molecule has 258 valence electrons. The number of para-hydroxylation sites is 3. The van der Waals surface area contributed by atoms with Crippen LogP contribution in [0.5, 0.6) is 11.5 Å². The summed E-state index contributed by atoms with van der Waals surface area (Å²) in [4.78, 5) is 9.34. The van der Waals surface area contributed by atoms with Crippen LogP contribution in [0.1, 0.15) is 51.2 Å². The Morgan fingerprint density at radius 1 is 0.784 bits per heavy atom. The first-order valence-electron chi connectivity index (χ1n) is 18.8. The number of fused-ring (bicyclic) bond motifs is 4. The molecule has 51 heavy (non-hydrogen) atoms. The van der Waals surface area contributed by atoms with Gasteiger partial charge in [-0.25, -0.2) is 4.98 Å². The molecule has 0 amide bonds. The summed E-state index contributed by atoms with van der Waals surface area (Å²) in [7, 11) is 0. The van der Waals surface area contributed by atoms with Gasteiger partial charge >= 0.3 is 0 Å². The molecule has 4 aromatic carbocycles. The van der Waals surface area contributed by atoms with Crippen LogP contribution >= 0.6 is 0 Å². The third-order valence-corrected chi connectivity index (χ3v) is 8.26. The molecule has 0 fully saturated rings. The zero-order chi connectivity index (χ0) is 38.0. The molecule has 7 heteroatoms. The number of pyridine rings is 2. The zero-order valence-electron chi connectivity index (χ0n) is 33.0. The molecule has 8 rings (SSSR count). The number of hydrogen-bond acceptors (Lipinski definition) is 3. The van der Waals surface area contributed by atoms with E-state index in [1.165, 1.54) is 0 Å². The van der Waals surface area contributed by atoms with Crippen molar-refractivity contribution in [3.05, 3.63) is 145 Å². The first kappa shape index (κ1) is 29.6. The molecule has 0 saturated heterocycles. The Morgan fingerprint density at radius 3 is 2.37 bits per heavy atom. The third kappa shape index (κ3) is 6.98. The molecule has 4 aromatic heterocycles. The summed E-state index contributed by atoms with van der Waals surface area (Å²) in [6, 6.07) is 39.5. The summed E-state index contributed by atoms with van der Waals surface area (Å²) in [5.41, 5.74) is 4.71. The van der Waals surface area contributed by atoms with Gasteiger partial charge in [-0.1, -0.05) is 106 Å². The van der Waals surface area contributed by atoms with Crippen molar-refractivity contribution in [3.8, 4) is 28.8 Å². The first-order valence-corrected chi connectivity index (χ1v) is 16.8. The summed E-state index contributed by atoms with van der Waals surface area (Å²) < 4.78 is 47.3. The monoisotopic (exact) mass is 852 g/mol. The van der Waals surface area contributed by atoms with E-state index >= 15 is 0 Å². The van der Waals surface area contributed by atoms with Gasteiger partial charge in [-0.15, -0.1) is 17.5 Å². The van der Waals surface area contributed by atoms with Crippen molar-refractivity contribution in [1.29, 1.82) is 0 Å². The second-order valence-electron chi connectivity index (χ2n) is 13.7. The van der Waals surface area contributed by atoms with Gasteiger partial charge in [-0.05, 0) is 71.1 Å². The minimum absolute atomic E-state index is 0. The van der Waals surface area contributed by atoms with Crippen LogP contribution in [0, 0.1) is 29.8 Å². The fourth-order valence-corrected chi connectivity index (χ4v) is 6.35. The maximum absolute atomic E-state index is 8.91. The van der Waals surface area contributed by atoms with Gasteiger partial charge in [-0.3, -0.25) is 14.1 Å². The number of nitrogens with zero attached hydrogens (tertiary/aromatic N) is 5. The average molecular weight is 853 g/mol. The van der Waals surface area contributed by atoms with Gasteiger partial charge in [0.25, 0.3) is 6.33 Å². The van der Waals surface area contributed by atoms with Crippen molar-refractivity contribution in [2.24, 2.45) is 11.3 Å². The van der Waals surface area contributed by atoms with Crippen LogP contribution in [0.3, 0.4) is 0 Å². The molecule has 0 unspecified atom stereocenters. The third-order valence-electron chi connectivity index (χ3n) is 8.26. The molecule has 0 aliphatic heterocycles. The maximum atomic E-state index is 8.91. The number of aromatic nitrogens is 5. The first-order chi connectivity index (χ1) is 25.7. The van der Waals surface area contributed by atoms with Crippen LogP contribution in [0.2, 0.25) is 0 Å². The molecule has 0 aliphatic rings. The molecule has 8 aromatic rings. The molecule has 4 heterocycles. The van der Waals surface area contributed by atoms with E-state index in [2.05, 4.69) is 29.5 Å². The summed E-state index contributed by atoms with van der Waals surface area (Å²) in [5.74, 6) is 1.77. The largest absolute Gasteiger partial charge is 0.522 e. The van der Waals surface area contributed by atoms with Crippen molar-refractivity contribution in [2.45, 2.75) is 47.4 Å². The maximum Gasteiger partial charge on any atom is 0.269 e.